The number of benzene rings is 6. The van der Waals surface area contributed by atoms with Crippen LogP contribution in [0.15, 0.2) is 146 Å². The van der Waals surface area contributed by atoms with E-state index < -0.39 is 0 Å². The molecule has 0 spiro atoms. The maximum absolute atomic E-state index is 5.25. The Bertz CT molecular complexity index is 2520. The van der Waals surface area contributed by atoms with Crippen molar-refractivity contribution in [3.05, 3.63) is 157 Å². The summed E-state index contributed by atoms with van der Waals surface area (Å²) in [5.41, 5.74) is 12.0. The maximum Gasteiger partial charge on any atom is 0.235 e. The highest BCUT2D eigenvalue weighted by molar-refractivity contribution is 6.19. The first-order valence-electron chi connectivity index (χ1n) is 15.7. The SMILES string of the molecule is Cc1ccc2c(c1)c1cc3c4cc(C)ccc4n(-c4nc(-c5ccccc5)cc(-c5ccccc5)n4)c3cc1n2-c1ccccc1. The topological polar surface area (TPSA) is 35.6 Å². The Balaban J connectivity index is 1.43. The molecule has 0 aliphatic carbocycles. The number of para-hydroxylation sites is 1. The van der Waals surface area contributed by atoms with E-state index in [1.165, 1.54) is 38.2 Å². The summed E-state index contributed by atoms with van der Waals surface area (Å²) in [5, 5.41) is 4.87. The van der Waals surface area contributed by atoms with Crippen LogP contribution in [0.1, 0.15) is 11.1 Å². The quantitative estimate of drug-likeness (QED) is 0.204. The van der Waals surface area contributed by atoms with Gasteiger partial charge in [-0.1, -0.05) is 102 Å². The van der Waals surface area contributed by atoms with Gasteiger partial charge in [0.1, 0.15) is 0 Å². The van der Waals surface area contributed by atoms with Gasteiger partial charge < -0.3 is 4.57 Å². The molecule has 0 saturated heterocycles. The van der Waals surface area contributed by atoms with Crippen LogP contribution >= 0.6 is 0 Å². The summed E-state index contributed by atoms with van der Waals surface area (Å²) in [7, 11) is 0. The van der Waals surface area contributed by atoms with Crippen molar-refractivity contribution in [3.63, 3.8) is 0 Å². The molecule has 0 saturated carbocycles. The molecule has 4 nitrogen and oxygen atoms in total. The highest BCUT2D eigenvalue weighted by Crippen LogP contribution is 2.40. The minimum atomic E-state index is 0.654. The van der Waals surface area contributed by atoms with Crippen LogP contribution in [0.2, 0.25) is 0 Å². The molecular formula is C42H30N4. The maximum atomic E-state index is 5.25. The summed E-state index contributed by atoms with van der Waals surface area (Å²) in [4.78, 5) is 10.5. The molecule has 0 bridgehead atoms. The third-order valence-corrected chi connectivity index (χ3v) is 9.03. The molecule has 0 fully saturated rings. The lowest BCUT2D eigenvalue weighted by Gasteiger charge is -2.12. The Labute approximate surface area is 266 Å². The van der Waals surface area contributed by atoms with Crippen LogP contribution in [0, 0.1) is 13.8 Å². The Morgan fingerprint density at radius 3 is 1.39 bits per heavy atom. The smallest absolute Gasteiger partial charge is 0.235 e. The second-order valence-corrected chi connectivity index (χ2v) is 12.1. The Hall–Kier alpha value is -6.00. The van der Waals surface area contributed by atoms with Crippen LogP contribution in [-0.4, -0.2) is 19.1 Å². The summed E-state index contributed by atoms with van der Waals surface area (Å²) in [6.07, 6.45) is 0. The van der Waals surface area contributed by atoms with Crippen LogP contribution in [0.25, 0.3) is 77.8 Å². The molecular weight excluding hydrogens is 560 g/mol. The van der Waals surface area contributed by atoms with Gasteiger partial charge in [0.15, 0.2) is 0 Å². The van der Waals surface area contributed by atoms with E-state index in [1.54, 1.807) is 0 Å². The highest BCUT2D eigenvalue weighted by atomic mass is 15.2. The molecule has 0 amide bonds. The zero-order valence-electron chi connectivity index (χ0n) is 25.6. The van der Waals surface area contributed by atoms with Gasteiger partial charge in [0, 0.05) is 38.4 Å². The Kier molecular flexibility index (Phi) is 5.90. The van der Waals surface area contributed by atoms with E-state index in [-0.39, 0.29) is 0 Å². The molecule has 0 radical (unpaired) electrons. The standard InChI is InChI=1S/C42H30N4/c1-27-18-20-38-32(22-27)34-24-35-33-23-28(2)19-21-39(33)46(41(35)26-40(34)45(38)31-16-10-5-11-17-31)42-43-36(29-12-6-3-7-13-29)25-37(44-42)30-14-8-4-9-15-30/h3-26H,1-2H3. The fourth-order valence-electron chi connectivity index (χ4n) is 6.88. The van der Waals surface area contributed by atoms with Crippen molar-refractivity contribution in [1.29, 1.82) is 0 Å². The van der Waals surface area contributed by atoms with E-state index in [0.29, 0.717) is 5.95 Å². The lowest BCUT2D eigenvalue weighted by Crippen LogP contribution is -2.04. The van der Waals surface area contributed by atoms with Crippen molar-refractivity contribution >= 4 is 43.6 Å². The third kappa shape index (κ3) is 4.15. The van der Waals surface area contributed by atoms with Crippen LogP contribution < -0.4 is 0 Å². The predicted molar refractivity (Wildman–Crippen MR) is 191 cm³/mol. The van der Waals surface area contributed by atoms with Crippen molar-refractivity contribution in [2.24, 2.45) is 0 Å². The van der Waals surface area contributed by atoms with E-state index >= 15 is 0 Å². The lowest BCUT2D eigenvalue weighted by atomic mass is 10.1. The molecule has 9 rings (SSSR count). The summed E-state index contributed by atoms with van der Waals surface area (Å²) in [6.45, 7) is 4.33. The third-order valence-electron chi connectivity index (χ3n) is 9.03. The average molecular weight is 591 g/mol. The van der Waals surface area contributed by atoms with Crippen LogP contribution in [0.5, 0.6) is 0 Å². The van der Waals surface area contributed by atoms with Gasteiger partial charge in [-0.25, -0.2) is 9.97 Å². The zero-order chi connectivity index (χ0) is 30.8. The molecule has 218 valence electrons. The first kappa shape index (κ1) is 26.4. The van der Waals surface area contributed by atoms with Crippen molar-refractivity contribution in [1.82, 2.24) is 19.1 Å². The molecule has 0 N–H and O–H groups in total. The molecule has 0 aliphatic heterocycles. The van der Waals surface area contributed by atoms with Gasteiger partial charge in [0.2, 0.25) is 5.95 Å². The van der Waals surface area contributed by atoms with E-state index in [1.807, 2.05) is 12.1 Å². The normalized spacial score (nSPS) is 11.7. The Morgan fingerprint density at radius 2 is 0.848 bits per heavy atom. The van der Waals surface area contributed by atoms with Crippen molar-refractivity contribution in [3.8, 4) is 34.2 Å². The van der Waals surface area contributed by atoms with Gasteiger partial charge in [-0.2, -0.15) is 0 Å². The van der Waals surface area contributed by atoms with Crippen molar-refractivity contribution in [2.45, 2.75) is 13.8 Å². The number of nitrogens with zero attached hydrogens (tertiary/aromatic N) is 4. The van der Waals surface area contributed by atoms with Crippen LogP contribution in [0.3, 0.4) is 0 Å². The van der Waals surface area contributed by atoms with E-state index in [4.69, 9.17) is 9.97 Å². The number of fused-ring (bicyclic) bond motifs is 6. The van der Waals surface area contributed by atoms with E-state index in [0.717, 1.165) is 44.8 Å². The molecule has 0 unspecified atom stereocenters. The van der Waals surface area contributed by atoms with Gasteiger partial charge in [-0.3, -0.25) is 4.57 Å². The Morgan fingerprint density at radius 1 is 0.391 bits per heavy atom. The molecule has 0 atom stereocenters. The monoisotopic (exact) mass is 590 g/mol. The molecule has 46 heavy (non-hydrogen) atoms. The fourth-order valence-corrected chi connectivity index (χ4v) is 6.88. The molecule has 9 aromatic rings. The second kappa shape index (κ2) is 10.3. The average Bonchev–Trinajstić information content (AvgIpc) is 3.59. The summed E-state index contributed by atoms with van der Waals surface area (Å²) < 4.78 is 4.63. The van der Waals surface area contributed by atoms with Gasteiger partial charge in [0.25, 0.3) is 0 Å². The van der Waals surface area contributed by atoms with Gasteiger partial charge >= 0.3 is 0 Å². The summed E-state index contributed by atoms with van der Waals surface area (Å²) in [6, 6.07) is 51.7. The first-order chi connectivity index (χ1) is 22.6. The highest BCUT2D eigenvalue weighted by Gasteiger charge is 2.21. The number of aromatic nitrogens is 4. The largest absolute Gasteiger partial charge is 0.309 e. The van der Waals surface area contributed by atoms with Gasteiger partial charge in [-0.05, 0) is 68.4 Å². The van der Waals surface area contributed by atoms with E-state index in [9.17, 15) is 0 Å². The number of aryl methyl sites for hydroxylation is 2. The summed E-state index contributed by atoms with van der Waals surface area (Å²) >= 11 is 0. The molecule has 6 aromatic carbocycles. The number of hydrogen-bond acceptors (Lipinski definition) is 2. The predicted octanol–water partition coefficient (Wildman–Crippen LogP) is 10.6. The number of hydrogen-bond donors (Lipinski definition) is 0. The van der Waals surface area contributed by atoms with E-state index in [2.05, 4.69) is 156 Å². The van der Waals surface area contributed by atoms with Gasteiger partial charge in [0.05, 0.1) is 33.5 Å². The first-order valence-corrected chi connectivity index (χ1v) is 15.7. The van der Waals surface area contributed by atoms with Crippen molar-refractivity contribution in [2.75, 3.05) is 0 Å². The second-order valence-electron chi connectivity index (χ2n) is 12.1. The minimum absolute atomic E-state index is 0.654. The minimum Gasteiger partial charge on any atom is -0.309 e. The van der Waals surface area contributed by atoms with Crippen LogP contribution in [0.4, 0.5) is 0 Å². The van der Waals surface area contributed by atoms with Gasteiger partial charge in [-0.15, -0.1) is 0 Å². The molecule has 4 heteroatoms. The van der Waals surface area contributed by atoms with Crippen LogP contribution in [-0.2, 0) is 0 Å². The van der Waals surface area contributed by atoms with Crippen molar-refractivity contribution < 1.29 is 0 Å². The summed E-state index contributed by atoms with van der Waals surface area (Å²) in [5.74, 6) is 0.654. The zero-order valence-corrected chi connectivity index (χ0v) is 25.6. The molecule has 0 aliphatic rings. The number of rotatable bonds is 4. The lowest BCUT2D eigenvalue weighted by molar-refractivity contribution is 0.995. The fraction of sp³-hybridized carbons (Fsp3) is 0.0476. The molecule has 3 heterocycles. The molecule has 3 aromatic heterocycles.